The maximum absolute atomic E-state index is 12.8. The van der Waals surface area contributed by atoms with Gasteiger partial charge in [0.1, 0.15) is 11.6 Å². The highest BCUT2D eigenvalue weighted by atomic mass is 32.1. The predicted molar refractivity (Wildman–Crippen MR) is 95.3 cm³/mol. The molecule has 2 aromatic rings. The molecule has 2 aromatic carbocycles. The number of amides is 1. The molecule has 0 saturated heterocycles. The van der Waals surface area contributed by atoms with E-state index in [1.54, 1.807) is 0 Å². The van der Waals surface area contributed by atoms with E-state index in [0.717, 1.165) is 11.1 Å². The van der Waals surface area contributed by atoms with Gasteiger partial charge >= 0.3 is 0 Å². The predicted octanol–water partition coefficient (Wildman–Crippen LogP) is 2.84. The van der Waals surface area contributed by atoms with Gasteiger partial charge in [-0.05, 0) is 67.5 Å². The number of thiocarbonyl (C=S) groups is 1. The first-order chi connectivity index (χ1) is 11.5. The average molecular weight is 347 g/mol. The molecule has 0 spiro atoms. The second-order valence-corrected chi connectivity index (χ2v) is 5.53. The molecule has 5 nitrogen and oxygen atoms in total. The van der Waals surface area contributed by atoms with Crippen molar-refractivity contribution < 1.29 is 13.9 Å². The van der Waals surface area contributed by atoms with Crippen LogP contribution in [0, 0.1) is 19.7 Å². The molecular formula is C17H18FN3O2S. The summed E-state index contributed by atoms with van der Waals surface area (Å²) in [6.07, 6.45) is 0. The third kappa shape index (κ3) is 5.20. The van der Waals surface area contributed by atoms with Crippen LogP contribution in [0.4, 0.5) is 10.1 Å². The molecule has 0 aromatic heterocycles. The SMILES string of the molecule is Cc1cccc(OCC(=O)NNC(=S)Nc2ccc(F)cc2)c1C. The highest BCUT2D eigenvalue weighted by Crippen LogP contribution is 2.20. The molecule has 3 N–H and O–H groups in total. The second-order valence-electron chi connectivity index (χ2n) is 5.12. The molecule has 2 rings (SSSR count). The van der Waals surface area contributed by atoms with Crippen molar-refractivity contribution in [2.24, 2.45) is 0 Å². The van der Waals surface area contributed by atoms with Gasteiger partial charge in [-0.2, -0.15) is 0 Å². The number of benzene rings is 2. The van der Waals surface area contributed by atoms with Crippen LogP contribution in [0.15, 0.2) is 42.5 Å². The van der Waals surface area contributed by atoms with Gasteiger partial charge in [-0.25, -0.2) is 4.39 Å². The van der Waals surface area contributed by atoms with Gasteiger partial charge in [0.2, 0.25) is 0 Å². The summed E-state index contributed by atoms with van der Waals surface area (Å²) >= 11 is 5.03. The minimum absolute atomic E-state index is 0.142. The number of nitrogens with one attached hydrogen (secondary N) is 3. The minimum atomic E-state index is -0.376. The quantitative estimate of drug-likeness (QED) is 0.586. The Morgan fingerprint density at radius 1 is 1.12 bits per heavy atom. The number of rotatable bonds is 4. The van der Waals surface area contributed by atoms with Crippen LogP contribution in [-0.4, -0.2) is 17.6 Å². The largest absolute Gasteiger partial charge is 0.483 e. The van der Waals surface area contributed by atoms with Gasteiger partial charge in [0.05, 0.1) is 0 Å². The van der Waals surface area contributed by atoms with Crippen molar-refractivity contribution in [3.63, 3.8) is 0 Å². The highest BCUT2D eigenvalue weighted by molar-refractivity contribution is 7.80. The molecule has 0 radical (unpaired) electrons. The van der Waals surface area contributed by atoms with Gasteiger partial charge in [0, 0.05) is 5.69 Å². The second kappa shape index (κ2) is 8.26. The van der Waals surface area contributed by atoms with Gasteiger partial charge in [-0.15, -0.1) is 0 Å². The summed E-state index contributed by atoms with van der Waals surface area (Å²) in [4.78, 5) is 11.8. The lowest BCUT2D eigenvalue weighted by Crippen LogP contribution is -2.45. The molecule has 0 aliphatic carbocycles. The zero-order chi connectivity index (χ0) is 17.5. The molecule has 1 amide bonds. The van der Waals surface area contributed by atoms with Crippen LogP contribution in [0.1, 0.15) is 11.1 Å². The van der Waals surface area contributed by atoms with E-state index in [9.17, 15) is 9.18 Å². The van der Waals surface area contributed by atoms with Gasteiger partial charge in [-0.1, -0.05) is 12.1 Å². The number of hydrogen-bond donors (Lipinski definition) is 3. The number of carbonyl (C=O) groups excluding carboxylic acids is 1. The monoisotopic (exact) mass is 347 g/mol. The molecule has 0 bridgehead atoms. The van der Waals surface area contributed by atoms with Crippen molar-refractivity contribution in [1.82, 2.24) is 10.9 Å². The summed E-state index contributed by atoms with van der Waals surface area (Å²) in [5, 5.41) is 3.00. The molecule has 0 aliphatic heterocycles. The number of hydrazine groups is 1. The number of anilines is 1. The van der Waals surface area contributed by atoms with Crippen molar-refractivity contribution in [2.75, 3.05) is 11.9 Å². The molecule has 0 atom stereocenters. The Balaban J connectivity index is 1.75. The fourth-order valence-electron chi connectivity index (χ4n) is 1.88. The Morgan fingerprint density at radius 2 is 1.83 bits per heavy atom. The van der Waals surface area contributed by atoms with Crippen LogP contribution < -0.4 is 20.9 Å². The standard InChI is InChI=1S/C17H18FN3O2S/c1-11-4-3-5-15(12(11)2)23-10-16(22)20-21-17(24)19-14-8-6-13(18)7-9-14/h3-9H,10H2,1-2H3,(H,20,22)(H2,19,21,24). The Bertz CT molecular complexity index is 735. The number of halogens is 1. The lowest BCUT2D eigenvalue weighted by molar-refractivity contribution is -0.123. The fourth-order valence-corrected chi connectivity index (χ4v) is 2.05. The number of hydrogen-bond acceptors (Lipinski definition) is 3. The zero-order valence-corrected chi connectivity index (χ0v) is 14.2. The lowest BCUT2D eigenvalue weighted by Gasteiger charge is -2.13. The van der Waals surface area contributed by atoms with Crippen molar-refractivity contribution >= 4 is 28.9 Å². The van der Waals surface area contributed by atoms with Crippen molar-refractivity contribution in [3.05, 3.63) is 59.4 Å². The summed E-state index contributed by atoms with van der Waals surface area (Å²) in [6, 6.07) is 11.3. The molecule has 0 fully saturated rings. The van der Waals surface area contributed by atoms with Crippen LogP contribution in [0.25, 0.3) is 0 Å². The molecule has 0 heterocycles. The van der Waals surface area contributed by atoms with E-state index in [-0.39, 0.29) is 23.4 Å². The number of carbonyl (C=O) groups is 1. The van der Waals surface area contributed by atoms with Gasteiger partial charge in [0.15, 0.2) is 11.7 Å². The smallest absolute Gasteiger partial charge is 0.276 e. The molecule has 0 unspecified atom stereocenters. The zero-order valence-electron chi connectivity index (χ0n) is 13.4. The van der Waals surface area contributed by atoms with Crippen molar-refractivity contribution in [2.45, 2.75) is 13.8 Å². The van der Waals surface area contributed by atoms with Gasteiger partial charge in [-0.3, -0.25) is 15.6 Å². The lowest BCUT2D eigenvalue weighted by atomic mass is 10.1. The van der Waals surface area contributed by atoms with Crippen LogP contribution in [0.3, 0.4) is 0 Å². The summed E-state index contributed by atoms with van der Waals surface area (Å²) in [6.45, 7) is 3.77. The third-order valence-corrected chi connectivity index (χ3v) is 3.54. The Morgan fingerprint density at radius 3 is 2.54 bits per heavy atom. The molecule has 0 saturated carbocycles. The highest BCUT2D eigenvalue weighted by Gasteiger charge is 2.06. The van der Waals surface area contributed by atoms with Crippen molar-refractivity contribution in [3.8, 4) is 5.75 Å². The van der Waals surface area contributed by atoms with E-state index in [0.29, 0.717) is 11.4 Å². The summed E-state index contributed by atoms with van der Waals surface area (Å²) in [5.74, 6) is -0.0485. The summed E-state index contributed by atoms with van der Waals surface area (Å²) < 4.78 is 18.3. The molecule has 126 valence electrons. The topological polar surface area (TPSA) is 62.4 Å². The normalized spacial score (nSPS) is 9.96. The molecular weight excluding hydrogens is 329 g/mol. The minimum Gasteiger partial charge on any atom is -0.483 e. The third-order valence-electron chi connectivity index (χ3n) is 3.33. The van der Waals surface area contributed by atoms with Crippen LogP contribution in [0.5, 0.6) is 5.75 Å². The first kappa shape index (κ1) is 17.7. The summed E-state index contributed by atoms with van der Waals surface area (Å²) in [5.41, 5.74) is 7.67. The van der Waals surface area contributed by atoms with Crippen LogP contribution >= 0.6 is 12.2 Å². The van der Waals surface area contributed by atoms with Crippen LogP contribution in [0.2, 0.25) is 0 Å². The fraction of sp³-hybridized carbons (Fsp3) is 0.176. The molecule has 7 heteroatoms. The van der Waals surface area contributed by atoms with E-state index in [1.807, 2.05) is 32.0 Å². The first-order valence-corrected chi connectivity index (χ1v) is 7.67. The van der Waals surface area contributed by atoms with Crippen LogP contribution in [-0.2, 0) is 4.79 Å². The van der Waals surface area contributed by atoms with E-state index in [2.05, 4.69) is 16.2 Å². The Kier molecular flexibility index (Phi) is 6.08. The van der Waals surface area contributed by atoms with E-state index < -0.39 is 0 Å². The Hall–Kier alpha value is -2.67. The van der Waals surface area contributed by atoms with E-state index >= 15 is 0 Å². The van der Waals surface area contributed by atoms with Gasteiger partial charge in [0.25, 0.3) is 5.91 Å². The summed E-state index contributed by atoms with van der Waals surface area (Å²) in [7, 11) is 0. The van der Waals surface area contributed by atoms with Gasteiger partial charge < -0.3 is 10.1 Å². The number of aryl methyl sites for hydroxylation is 1. The first-order valence-electron chi connectivity index (χ1n) is 7.26. The van der Waals surface area contributed by atoms with Crippen molar-refractivity contribution in [1.29, 1.82) is 0 Å². The maximum atomic E-state index is 12.8. The molecule has 0 aliphatic rings. The maximum Gasteiger partial charge on any atom is 0.276 e. The van der Waals surface area contributed by atoms with E-state index in [1.165, 1.54) is 24.3 Å². The Labute approximate surface area is 145 Å². The molecule has 24 heavy (non-hydrogen) atoms. The van der Waals surface area contributed by atoms with E-state index in [4.69, 9.17) is 17.0 Å². The average Bonchev–Trinajstić information content (AvgIpc) is 2.56. The number of ether oxygens (including phenoxy) is 1.